The maximum Gasteiger partial charge on any atom is 0.237 e. The Bertz CT molecular complexity index is 1490. The Hall–Kier alpha value is -3.08. The smallest absolute Gasteiger partial charge is 0.237 e. The molecule has 2 aromatic carbocycles. The first-order chi connectivity index (χ1) is 19.4. The van der Waals surface area contributed by atoms with Gasteiger partial charge in [-0.1, -0.05) is 32.9 Å². The first-order valence-corrected chi connectivity index (χ1v) is 15.6. The van der Waals surface area contributed by atoms with Gasteiger partial charge in [0.25, 0.3) is 0 Å². The molecule has 0 atom stereocenters. The second-order valence-corrected chi connectivity index (χ2v) is 14.4. The molecular weight excluding hydrogens is 544 g/mol. The van der Waals surface area contributed by atoms with Crippen molar-refractivity contribution in [2.75, 3.05) is 57.4 Å². The van der Waals surface area contributed by atoms with Crippen LogP contribution in [0.1, 0.15) is 41.0 Å². The van der Waals surface area contributed by atoms with Crippen molar-refractivity contribution in [2.45, 2.75) is 46.3 Å². The van der Waals surface area contributed by atoms with E-state index in [0.29, 0.717) is 49.8 Å². The summed E-state index contributed by atoms with van der Waals surface area (Å²) < 4.78 is 50.4. The van der Waals surface area contributed by atoms with Crippen LogP contribution in [0.25, 0.3) is 22.1 Å². The summed E-state index contributed by atoms with van der Waals surface area (Å²) in [6.45, 7) is 14.3. The Morgan fingerprint density at radius 1 is 1.02 bits per heavy atom. The number of fused-ring (bicyclic) bond motifs is 1. The number of anilines is 1. The third-order valence-electron chi connectivity index (χ3n) is 7.22. The van der Waals surface area contributed by atoms with Crippen LogP contribution in [0.15, 0.2) is 51.9 Å². The van der Waals surface area contributed by atoms with Crippen LogP contribution >= 0.6 is 0 Å². The fourth-order valence-corrected chi connectivity index (χ4v) is 5.51. The van der Waals surface area contributed by atoms with Crippen LogP contribution in [-0.2, 0) is 14.8 Å². The molecule has 0 radical (unpaired) electrons. The number of nitrogens with zero attached hydrogens (tertiary/aromatic N) is 2. The maximum absolute atomic E-state index is 13.8. The molecule has 0 unspecified atom stereocenters. The SMILES string of the molecule is CC(C)S(=O)(=O)N(C)c1cc(OCCN2CCOCC2)c2c(=O)c(-c3ccc(OCCC(C)(C)C)cc3)coc2c1. The number of hydrogen-bond donors (Lipinski definition) is 0. The first kappa shape index (κ1) is 30.9. The van der Waals surface area contributed by atoms with E-state index in [2.05, 4.69) is 25.7 Å². The van der Waals surface area contributed by atoms with Crippen molar-refractivity contribution in [3.63, 3.8) is 0 Å². The van der Waals surface area contributed by atoms with E-state index in [9.17, 15) is 13.2 Å². The highest BCUT2D eigenvalue weighted by molar-refractivity contribution is 7.93. The Labute approximate surface area is 243 Å². The van der Waals surface area contributed by atoms with Crippen LogP contribution < -0.4 is 19.2 Å². The molecule has 1 saturated heterocycles. The zero-order chi connectivity index (χ0) is 29.8. The Morgan fingerprint density at radius 2 is 1.71 bits per heavy atom. The molecule has 2 heterocycles. The Balaban J connectivity index is 1.67. The van der Waals surface area contributed by atoms with E-state index in [1.807, 2.05) is 24.3 Å². The van der Waals surface area contributed by atoms with Crippen molar-refractivity contribution in [1.82, 2.24) is 4.90 Å². The zero-order valence-corrected chi connectivity index (χ0v) is 25.8. The molecule has 9 nitrogen and oxygen atoms in total. The second-order valence-electron chi connectivity index (χ2n) is 11.8. The molecule has 1 aliphatic heterocycles. The van der Waals surface area contributed by atoms with Gasteiger partial charge in [0.15, 0.2) is 0 Å². The summed E-state index contributed by atoms with van der Waals surface area (Å²) in [6, 6.07) is 10.5. The van der Waals surface area contributed by atoms with Crippen LogP contribution in [0.3, 0.4) is 0 Å². The highest BCUT2D eigenvalue weighted by atomic mass is 32.2. The van der Waals surface area contributed by atoms with Crippen LogP contribution in [0.2, 0.25) is 0 Å². The first-order valence-electron chi connectivity index (χ1n) is 14.1. The summed E-state index contributed by atoms with van der Waals surface area (Å²) >= 11 is 0. The second kappa shape index (κ2) is 12.8. The fraction of sp³-hybridized carbons (Fsp3) is 0.516. The minimum absolute atomic E-state index is 0.180. The van der Waals surface area contributed by atoms with Gasteiger partial charge in [0.05, 0.1) is 36.3 Å². The minimum atomic E-state index is -3.61. The molecule has 3 aromatic rings. The lowest BCUT2D eigenvalue weighted by Crippen LogP contribution is -2.38. The summed E-state index contributed by atoms with van der Waals surface area (Å²) in [7, 11) is -2.12. The predicted molar refractivity (Wildman–Crippen MR) is 163 cm³/mol. The predicted octanol–water partition coefficient (Wildman–Crippen LogP) is 5.16. The van der Waals surface area contributed by atoms with Gasteiger partial charge >= 0.3 is 0 Å². The van der Waals surface area contributed by atoms with Gasteiger partial charge in [-0.15, -0.1) is 0 Å². The lowest BCUT2D eigenvalue weighted by Gasteiger charge is -2.26. The van der Waals surface area contributed by atoms with E-state index >= 15 is 0 Å². The van der Waals surface area contributed by atoms with Gasteiger partial charge in [-0.05, 0) is 43.4 Å². The normalized spacial score (nSPS) is 14.9. The molecule has 0 N–H and O–H groups in total. The largest absolute Gasteiger partial charge is 0.494 e. The van der Waals surface area contributed by atoms with Gasteiger partial charge in [-0.3, -0.25) is 14.0 Å². The van der Waals surface area contributed by atoms with Crippen LogP contribution in [-0.4, -0.2) is 71.7 Å². The molecule has 0 spiro atoms. The molecule has 10 heteroatoms. The molecule has 1 fully saturated rings. The van der Waals surface area contributed by atoms with Crippen LogP contribution in [0.5, 0.6) is 11.5 Å². The maximum atomic E-state index is 13.8. The van der Waals surface area contributed by atoms with Gasteiger partial charge in [0.2, 0.25) is 15.5 Å². The molecule has 0 bridgehead atoms. The van der Waals surface area contributed by atoms with E-state index in [0.717, 1.165) is 25.3 Å². The standard InChI is InChI=1S/C31H42N2O7S/c1-22(2)41(35,36)32(6)24-19-27(39-18-14-33-12-16-37-17-13-33)29-28(20-24)40-21-26(30(29)34)23-7-9-25(10-8-23)38-15-11-31(3,4)5/h7-10,19-22H,11-18H2,1-6H3. The van der Waals surface area contributed by atoms with E-state index in [-0.39, 0.29) is 27.6 Å². The van der Waals surface area contributed by atoms with Crippen molar-refractivity contribution in [2.24, 2.45) is 5.41 Å². The quantitative estimate of drug-likeness (QED) is 0.304. The van der Waals surface area contributed by atoms with Crippen molar-refractivity contribution in [3.05, 3.63) is 52.9 Å². The molecule has 1 aromatic heterocycles. The van der Waals surface area contributed by atoms with Crippen molar-refractivity contribution in [1.29, 1.82) is 0 Å². The Morgan fingerprint density at radius 3 is 2.34 bits per heavy atom. The number of ether oxygens (including phenoxy) is 3. The molecular formula is C31H42N2O7S. The fourth-order valence-electron chi connectivity index (χ4n) is 4.48. The summed E-state index contributed by atoms with van der Waals surface area (Å²) in [4.78, 5) is 16.1. The van der Waals surface area contributed by atoms with Crippen LogP contribution in [0.4, 0.5) is 5.69 Å². The summed E-state index contributed by atoms with van der Waals surface area (Å²) in [5.74, 6) is 1.02. The van der Waals surface area contributed by atoms with Crippen molar-refractivity contribution >= 4 is 26.7 Å². The topological polar surface area (TPSA) is 98.5 Å². The summed E-state index contributed by atoms with van der Waals surface area (Å²) in [5, 5.41) is -0.349. The lowest BCUT2D eigenvalue weighted by molar-refractivity contribution is 0.0323. The van der Waals surface area contributed by atoms with E-state index in [1.54, 1.807) is 26.0 Å². The number of morpholine rings is 1. The van der Waals surface area contributed by atoms with Crippen LogP contribution in [0, 0.1) is 5.41 Å². The lowest BCUT2D eigenvalue weighted by atomic mass is 9.93. The average Bonchev–Trinajstić information content (AvgIpc) is 2.93. The monoisotopic (exact) mass is 586 g/mol. The number of rotatable bonds is 11. The summed E-state index contributed by atoms with van der Waals surface area (Å²) in [6.07, 6.45) is 2.34. The van der Waals surface area contributed by atoms with Crippen molar-refractivity contribution in [3.8, 4) is 22.6 Å². The molecule has 0 aliphatic carbocycles. The molecule has 0 amide bonds. The Kier molecular flexibility index (Phi) is 9.66. The third kappa shape index (κ3) is 7.61. The number of benzene rings is 2. The van der Waals surface area contributed by atoms with Gasteiger partial charge in [0.1, 0.15) is 35.3 Å². The van der Waals surface area contributed by atoms with Gasteiger partial charge < -0.3 is 18.6 Å². The van der Waals surface area contributed by atoms with Gasteiger partial charge in [-0.2, -0.15) is 0 Å². The number of hydrogen-bond acceptors (Lipinski definition) is 8. The average molecular weight is 587 g/mol. The van der Waals surface area contributed by atoms with Crippen molar-refractivity contribution < 1.29 is 27.0 Å². The minimum Gasteiger partial charge on any atom is -0.494 e. The van der Waals surface area contributed by atoms with E-state index < -0.39 is 15.3 Å². The van der Waals surface area contributed by atoms with Gasteiger partial charge in [0, 0.05) is 38.8 Å². The molecule has 1 aliphatic rings. The molecule has 0 saturated carbocycles. The molecule has 4 rings (SSSR count). The molecule has 224 valence electrons. The zero-order valence-electron chi connectivity index (χ0n) is 24.9. The molecule has 41 heavy (non-hydrogen) atoms. The highest BCUT2D eigenvalue weighted by Gasteiger charge is 2.25. The highest BCUT2D eigenvalue weighted by Crippen LogP contribution is 2.33. The number of sulfonamides is 1. The van der Waals surface area contributed by atoms with Gasteiger partial charge in [-0.25, -0.2) is 8.42 Å². The summed E-state index contributed by atoms with van der Waals surface area (Å²) in [5.41, 5.74) is 1.61. The van der Waals surface area contributed by atoms with E-state index in [1.165, 1.54) is 17.6 Å². The van der Waals surface area contributed by atoms with E-state index in [4.69, 9.17) is 18.6 Å². The third-order valence-corrected chi connectivity index (χ3v) is 9.39.